The first kappa shape index (κ1) is 65.6. The average molecular weight is 962 g/mol. The maximum absolute atomic E-state index is 12.9. The zero-order chi connectivity index (χ0) is 50.0. The van der Waals surface area contributed by atoms with Gasteiger partial charge in [0.05, 0.1) is 0 Å². The third-order valence-electron chi connectivity index (χ3n) is 12.4. The van der Waals surface area contributed by atoms with E-state index >= 15 is 0 Å². The molecule has 0 aromatic carbocycles. The number of allylic oxidation sites excluding steroid dienone is 14. The highest BCUT2D eigenvalue weighted by atomic mass is 16.6. The van der Waals surface area contributed by atoms with E-state index in [-0.39, 0.29) is 31.1 Å². The zero-order valence-corrected chi connectivity index (χ0v) is 45.3. The van der Waals surface area contributed by atoms with E-state index in [9.17, 15) is 14.4 Å². The summed E-state index contributed by atoms with van der Waals surface area (Å²) < 4.78 is 16.9. The first-order valence-corrected chi connectivity index (χ1v) is 29.1. The van der Waals surface area contributed by atoms with Crippen LogP contribution in [0.5, 0.6) is 0 Å². The number of carbonyl (C=O) groups excluding carboxylic acids is 3. The minimum absolute atomic E-state index is 0.0893. The van der Waals surface area contributed by atoms with Gasteiger partial charge in [-0.15, -0.1) is 0 Å². The predicted molar refractivity (Wildman–Crippen MR) is 297 cm³/mol. The number of rotatable bonds is 52. The fourth-order valence-electron chi connectivity index (χ4n) is 7.99. The van der Waals surface area contributed by atoms with Crippen molar-refractivity contribution in [2.45, 2.75) is 284 Å². The fraction of sp³-hybridized carbons (Fsp3) is 0.730. The molecule has 0 aliphatic heterocycles. The quantitative estimate of drug-likeness (QED) is 0.0262. The number of ether oxygens (including phenoxy) is 3. The Morgan fingerprint density at radius 2 is 0.565 bits per heavy atom. The molecule has 6 nitrogen and oxygen atoms in total. The molecule has 6 heteroatoms. The van der Waals surface area contributed by atoms with Gasteiger partial charge in [0.15, 0.2) is 6.10 Å². The van der Waals surface area contributed by atoms with Gasteiger partial charge in [0, 0.05) is 19.3 Å². The molecular weight excluding hydrogens is 853 g/mol. The van der Waals surface area contributed by atoms with Gasteiger partial charge >= 0.3 is 17.9 Å². The van der Waals surface area contributed by atoms with Crippen molar-refractivity contribution < 1.29 is 28.6 Å². The molecule has 0 bridgehead atoms. The number of hydrogen-bond acceptors (Lipinski definition) is 6. The molecule has 0 radical (unpaired) electrons. The molecule has 0 amide bonds. The summed E-state index contributed by atoms with van der Waals surface area (Å²) in [6.45, 7) is 6.49. The summed E-state index contributed by atoms with van der Waals surface area (Å²) in [4.78, 5) is 38.2. The Kier molecular flexibility index (Phi) is 54.3. The maximum atomic E-state index is 12.9. The van der Waals surface area contributed by atoms with Gasteiger partial charge in [-0.05, 0) is 116 Å². The minimum Gasteiger partial charge on any atom is -0.462 e. The van der Waals surface area contributed by atoms with Crippen molar-refractivity contribution in [3.63, 3.8) is 0 Å². The van der Waals surface area contributed by atoms with E-state index in [0.29, 0.717) is 19.3 Å². The second-order valence-corrected chi connectivity index (χ2v) is 19.2. The smallest absolute Gasteiger partial charge is 0.306 e. The lowest BCUT2D eigenvalue weighted by molar-refractivity contribution is -0.167. The summed E-state index contributed by atoms with van der Waals surface area (Å²) in [6, 6.07) is 0. The summed E-state index contributed by atoms with van der Waals surface area (Å²) in [5.74, 6) is -0.915. The first-order chi connectivity index (χ1) is 34.0. The summed E-state index contributed by atoms with van der Waals surface area (Å²) >= 11 is 0. The van der Waals surface area contributed by atoms with Gasteiger partial charge in [-0.3, -0.25) is 14.4 Å². The summed E-state index contributed by atoms with van der Waals surface area (Å²) in [6.07, 6.45) is 74.2. The van der Waals surface area contributed by atoms with Gasteiger partial charge in [0.1, 0.15) is 13.2 Å². The highest BCUT2D eigenvalue weighted by Crippen LogP contribution is 2.14. The van der Waals surface area contributed by atoms with Crippen LogP contribution in [0.3, 0.4) is 0 Å². The number of esters is 3. The van der Waals surface area contributed by atoms with Crippen molar-refractivity contribution in [2.75, 3.05) is 13.2 Å². The molecular formula is C63H108O6. The molecule has 0 fully saturated rings. The van der Waals surface area contributed by atoms with E-state index in [4.69, 9.17) is 14.2 Å². The van der Waals surface area contributed by atoms with Gasteiger partial charge in [-0.1, -0.05) is 228 Å². The number of unbranched alkanes of at least 4 members (excludes halogenated alkanes) is 27. The fourth-order valence-corrected chi connectivity index (χ4v) is 7.99. The zero-order valence-electron chi connectivity index (χ0n) is 45.3. The third kappa shape index (κ3) is 55.4. The Morgan fingerprint density at radius 3 is 0.913 bits per heavy atom. The molecule has 0 aliphatic carbocycles. The van der Waals surface area contributed by atoms with Crippen LogP contribution in [-0.4, -0.2) is 37.2 Å². The lowest BCUT2D eigenvalue weighted by atomic mass is 10.1. The molecule has 0 saturated carbocycles. The first-order valence-electron chi connectivity index (χ1n) is 29.1. The molecule has 0 saturated heterocycles. The van der Waals surface area contributed by atoms with Crippen molar-refractivity contribution in [1.82, 2.24) is 0 Å². The van der Waals surface area contributed by atoms with Crippen LogP contribution in [-0.2, 0) is 28.6 Å². The van der Waals surface area contributed by atoms with E-state index in [1.165, 1.54) is 128 Å². The maximum Gasteiger partial charge on any atom is 0.306 e. The number of carbonyl (C=O) groups is 3. The standard InChI is InChI=1S/C63H108O6/c1-4-7-10-13-16-19-22-25-27-29-30-31-32-34-35-38-41-44-47-50-53-56-62(65)68-59-60(58-67-61(64)55-52-49-46-43-40-37-24-21-18-15-12-9-6-3)69-63(66)57-54-51-48-45-42-39-36-33-28-26-23-20-17-14-11-8-5-2/h8,11,17,20-22,24-26,28-30,32,34,60H,4-7,9-10,12-16,18-19,23,27,31,33,35-59H2,1-3H3/b11-8-,20-17-,24-21-,25-22-,28-26-,30-29-,34-32-. The second-order valence-electron chi connectivity index (χ2n) is 19.2. The monoisotopic (exact) mass is 961 g/mol. The highest BCUT2D eigenvalue weighted by Gasteiger charge is 2.19. The van der Waals surface area contributed by atoms with Crippen LogP contribution < -0.4 is 0 Å². The van der Waals surface area contributed by atoms with Crippen molar-refractivity contribution in [2.24, 2.45) is 0 Å². The lowest BCUT2D eigenvalue weighted by Crippen LogP contribution is -2.30. The molecule has 0 rings (SSSR count). The molecule has 69 heavy (non-hydrogen) atoms. The van der Waals surface area contributed by atoms with Crippen LogP contribution in [0.2, 0.25) is 0 Å². The van der Waals surface area contributed by atoms with Gasteiger partial charge < -0.3 is 14.2 Å². The Bertz CT molecular complexity index is 1330. The Morgan fingerprint density at radius 1 is 0.304 bits per heavy atom. The largest absolute Gasteiger partial charge is 0.462 e. The highest BCUT2D eigenvalue weighted by molar-refractivity contribution is 5.71. The van der Waals surface area contributed by atoms with E-state index in [0.717, 1.165) is 109 Å². The Hall–Kier alpha value is -3.41. The normalized spacial score (nSPS) is 12.7. The van der Waals surface area contributed by atoms with Crippen LogP contribution >= 0.6 is 0 Å². The predicted octanol–water partition coefficient (Wildman–Crippen LogP) is 19.5. The van der Waals surface area contributed by atoms with Crippen LogP contribution in [0.25, 0.3) is 0 Å². The summed E-state index contributed by atoms with van der Waals surface area (Å²) in [5, 5.41) is 0. The van der Waals surface area contributed by atoms with E-state index in [2.05, 4.69) is 106 Å². The second kappa shape index (κ2) is 57.2. The van der Waals surface area contributed by atoms with E-state index in [1.807, 2.05) is 0 Å². The van der Waals surface area contributed by atoms with Crippen molar-refractivity contribution in [3.8, 4) is 0 Å². The lowest BCUT2D eigenvalue weighted by Gasteiger charge is -2.18. The van der Waals surface area contributed by atoms with Crippen molar-refractivity contribution >= 4 is 17.9 Å². The molecule has 0 N–H and O–H groups in total. The van der Waals surface area contributed by atoms with E-state index < -0.39 is 6.10 Å². The van der Waals surface area contributed by atoms with Gasteiger partial charge in [0.2, 0.25) is 0 Å². The van der Waals surface area contributed by atoms with Gasteiger partial charge in [0.25, 0.3) is 0 Å². The van der Waals surface area contributed by atoms with Crippen molar-refractivity contribution in [3.05, 3.63) is 85.1 Å². The molecule has 1 unspecified atom stereocenters. The van der Waals surface area contributed by atoms with Crippen molar-refractivity contribution in [1.29, 1.82) is 0 Å². The Labute approximate surface area is 426 Å². The minimum atomic E-state index is -0.792. The molecule has 0 aliphatic rings. The van der Waals surface area contributed by atoms with Gasteiger partial charge in [-0.25, -0.2) is 0 Å². The summed E-state index contributed by atoms with van der Waals surface area (Å²) in [7, 11) is 0. The molecule has 0 aromatic heterocycles. The molecule has 0 heterocycles. The molecule has 1 atom stereocenters. The average Bonchev–Trinajstić information content (AvgIpc) is 3.35. The number of hydrogen-bond donors (Lipinski definition) is 0. The van der Waals surface area contributed by atoms with Gasteiger partial charge in [-0.2, -0.15) is 0 Å². The van der Waals surface area contributed by atoms with Crippen LogP contribution in [0, 0.1) is 0 Å². The van der Waals surface area contributed by atoms with Crippen LogP contribution in [0.15, 0.2) is 85.1 Å². The van der Waals surface area contributed by atoms with Crippen LogP contribution in [0.4, 0.5) is 0 Å². The topological polar surface area (TPSA) is 78.9 Å². The third-order valence-corrected chi connectivity index (χ3v) is 12.4. The van der Waals surface area contributed by atoms with E-state index in [1.54, 1.807) is 0 Å². The SMILES string of the molecule is CC/C=C\C/C=C\C/C=C\CCCCCCCCCC(=O)OC(COC(=O)CCCCCCC/C=C\CCCCCC)COC(=O)CCCCCCCC/C=C\C/C=C\C/C=C\CCCCCCC. The molecule has 396 valence electrons. The van der Waals surface area contributed by atoms with Crippen LogP contribution in [0.1, 0.15) is 278 Å². The molecule has 0 spiro atoms. The summed E-state index contributed by atoms with van der Waals surface area (Å²) in [5.41, 5.74) is 0. The Balaban J connectivity index is 4.40. The molecule has 0 aromatic rings.